The van der Waals surface area contributed by atoms with Gasteiger partial charge in [0.05, 0.1) is 6.04 Å². The number of rotatable bonds is 6. The van der Waals surface area contributed by atoms with Crippen LogP contribution in [0.2, 0.25) is 0 Å². The minimum Gasteiger partial charge on any atom is -0.354 e. The molecule has 0 saturated carbocycles. The molecule has 1 saturated heterocycles. The Morgan fingerprint density at radius 2 is 1.91 bits per heavy atom. The Labute approximate surface area is 135 Å². The Morgan fingerprint density at radius 3 is 2.50 bits per heavy atom. The molecule has 1 amide bonds. The van der Waals surface area contributed by atoms with E-state index in [0.717, 1.165) is 32.0 Å². The Hall–Kier alpha value is -1.35. The van der Waals surface area contributed by atoms with Gasteiger partial charge in [0.15, 0.2) is 0 Å². The first kappa shape index (κ1) is 17.0. The van der Waals surface area contributed by atoms with Crippen LogP contribution in [0.3, 0.4) is 0 Å². The minimum absolute atomic E-state index is 0.171. The van der Waals surface area contributed by atoms with Gasteiger partial charge in [0, 0.05) is 13.0 Å². The van der Waals surface area contributed by atoms with Gasteiger partial charge in [-0.1, -0.05) is 43.7 Å². The number of piperidine rings is 1. The van der Waals surface area contributed by atoms with Crippen LogP contribution in [0.1, 0.15) is 56.7 Å². The van der Waals surface area contributed by atoms with Gasteiger partial charge in [-0.15, -0.1) is 0 Å². The first-order chi connectivity index (χ1) is 10.6. The molecule has 0 aliphatic carbocycles. The van der Waals surface area contributed by atoms with Crippen LogP contribution in [0, 0.1) is 12.8 Å². The van der Waals surface area contributed by atoms with E-state index in [9.17, 15) is 4.79 Å². The number of amides is 1. The molecule has 1 unspecified atom stereocenters. The Kier molecular flexibility index (Phi) is 6.44. The molecule has 1 aliphatic heterocycles. The van der Waals surface area contributed by atoms with E-state index in [1.807, 2.05) is 6.92 Å². The van der Waals surface area contributed by atoms with E-state index in [2.05, 4.69) is 48.3 Å². The summed E-state index contributed by atoms with van der Waals surface area (Å²) < 4.78 is 0. The third-order valence-electron chi connectivity index (χ3n) is 4.69. The summed E-state index contributed by atoms with van der Waals surface area (Å²) in [7, 11) is 0. The van der Waals surface area contributed by atoms with Gasteiger partial charge in [0.25, 0.3) is 0 Å². The zero-order valence-electron chi connectivity index (χ0n) is 14.3. The quantitative estimate of drug-likeness (QED) is 0.869. The summed E-state index contributed by atoms with van der Waals surface area (Å²) >= 11 is 0. The smallest absolute Gasteiger partial charge is 0.220 e. The van der Waals surface area contributed by atoms with Crippen LogP contribution in [0.4, 0.5) is 0 Å². The molecule has 3 nitrogen and oxygen atoms in total. The van der Waals surface area contributed by atoms with Crippen LogP contribution >= 0.6 is 0 Å². The Bertz CT molecular complexity index is 461. The summed E-state index contributed by atoms with van der Waals surface area (Å²) in [6.45, 7) is 9.47. The van der Waals surface area contributed by atoms with E-state index in [-0.39, 0.29) is 5.91 Å². The van der Waals surface area contributed by atoms with Gasteiger partial charge in [-0.3, -0.25) is 9.69 Å². The zero-order chi connectivity index (χ0) is 15.9. The molecule has 0 aromatic heterocycles. The summed E-state index contributed by atoms with van der Waals surface area (Å²) in [4.78, 5) is 14.4. The first-order valence-corrected chi connectivity index (χ1v) is 8.67. The number of hydrogen-bond donors (Lipinski definition) is 1. The monoisotopic (exact) mass is 302 g/mol. The molecule has 0 radical (unpaired) electrons. The summed E-state index contributed by atoms with van der Waals surface area (Å²) in [6.07, 6.45) is 4.04. The van der Waals surface area contributed by atoms with Crippen molar-refractivity contribution in [2.75, 3.05) is 19.6 Å². The predicted molar refractivity (Wildman–Crippen MR) is 91.8 cm³/mol. The van der Waals surface area contributed by atoms with E-state index in [1.165, 1.54) is 24.0 Å². The minimum atomic E-state index is 0.171. The number of nitrogens with zero attached hydrogens (tertiary/aromatic N) is 1. The number of likely N-dealkylation sites (tertiary alicyclic amines) is 1. The molecule has 3 heteroatoms. The second kappa shape index (κ2) is 8.33. The van der Waals surface area contributed by atoms with Crippen LogP contribution in [-0.4, -0.2) is 30.4 Å². The van der Waals surface area contributed by atoms with E-state index >= 15 is 0 Å². The summed E-state index contributed by atoms with van der Waals surface area (Å²) in [6, 6.07) is 9.06. The highest BCUT2D eigenvalue weighted by Crippen LogP contribution is 2.26. The predicted octanol–water partition coefficient (Wildman–Crippen LogP) is 3.68. The number of nitrogens with one attached hydrogen (secondary N) is 1. The molecule has 1 aromatic carbocycles. The van der Waals surface area contributed by atoms with E-state index in [0.29, 0.717) is 12.5 Å². The van der Waals surface area contributed by atoms with Crippen molar-refractivity contribution < 1.29 is 4.79 Å². The van der Waals surface area contributed by atoms with Crippen molar-refractivity contribution in [3.63, 3.8) is 0 Å². The van der Waals surface area contributed by atoms with Crippen molar-refractivity contribution in [3.8, 4) is 0 Å². The van der Waals surface area contributed by atoms with Gasteiger partial charge in [-0.25, -0.2) is 0 Å². The van der Waals surface area contributed by atoms with Crippen LogP contribution in [-0.2, 0) is 4.79 Å². The lowest BCUT2D eigenvalue weighted by Gasteiger charge is -2.37. The maximum absolute atomic E-state index is 11.8. The highest BCUT2D eigenvalue weighted by atomic mass is 16.1. The van der Waals surface area contributed by atoms with Gasteiger partial charge in [0.1, 0.15) is 0 Å². The topological polar surface area (TPSA) is 32.3 Å². The number of aryl methyl sites for hydroxylation is 1. The van der Waals surface area contributed by atoms with Crippen molar-refractivity contribution in [1.82, 2.24) is 10.2 Å². The normalized spacial score (nSPS) is 18.1. The van der Waals surface area contributed by atoms with Crippen LogP contribution in [0.5, 0.6) is 0 Å². The van der Waals surface area contributed by atoms with Crippen LogP contribution in [0.15, 0.2) is 24.3 Å². The fraction of sp³-hybridized carbons (Fsp3) is 0.632. The molecule has 1 N–H and O–H groups in total. The molecule has 0 spiro atoms. The first-order valence-electron chi connectivity index (χ1n) is 8.67. The van der Waals surface area contributed by atoms with E-state index < -0.39 is 0 Å². The van der Waals surface area contributed by atoms with Crippen molar-refractivity contribution in [1.29, 1.82) is 0 Å². The second-order valence-electron chi connectivity index (χ2n) is 6.70. The van der Waals surface area contributed by atoms with Crippen molar-refractivity contribution in [3.05, 3.63) is 35.4 Å². The Morgan fingerprint density at radius 1 is 1.27 bits per heavy atom. The average molecular weight is 302 g/mol. The van der Waals surface area contributed by atoms with Crippen molar-refractivity contribution in [2.45, 2.75) is 52.5 Å². The summed E-state index contributed by atoms with van der Waals surface area (Å²) in [5.74, 6) is 0.995. The molecular formula is C19H30N2O. The number of carbonyl (C=O) groups is 1. The molecule has 1 atom stereocenters. The number of benzene rings is 1. The van der Waals surface area contributed by atoms with Gasteiger partial charge in [-0.2, -0.15) is 0 Å². The zero-order valence-corrected chi connectivity index (χ0v) is 14.3. The van der Waals surface area contributed by atoms with Crippen molar-refractivity contribution >= 4 is 5.91 Å². The molecule has 1 aromatic rings. The van der Waals surface area contributed by atoms with Crippen LogP contribution < -0.4 is 5.32 Å². The largest absolute Gasteiger partial charge is 0.354 e. The fourth-order valence-electron chi connectivity index (χ4n) is 3.11. The second-order valence-corrected chi connectivity index (χ2v) is 6.70. The lowest BCUT2D eigenvalue weighted by atomic mass is 9.95. The average Bonchev–Trinajstić information content (AvgIpc) is 2.51. The maximum atomic E-state index is 11.8. The van der Waals surface area contributed by atoms with Crippen LogP contribution in [0.25, 0.3) is 0 Å². The third kappa shape index (κ3) is 4.84. The molecule has 1 fully saturated rings. The molecule has 1 aliphatic rings. The highest BCUT2D eigenvalue weighted by molar-refractivity contribution is 5.75. The Balaban J connectivity index is 2.06. The number of hydrogen-bond acceptors (Lipinski definition) is 2. The highest BCUT2D eigenvalue weighted by Gasteiger charge is 2.24. The molecule has 22 heavy (non-hydrogen) atoms. The lowest BCUT2D eigenvalue weighted by molar-refractivity contribution is -0.121. The summed E-state index contributed by atoms with van der Waals surface area (Å²) in [5, 5.41) is 3.12. The molecule has 1 heterocycles. The molecule has 2 rings (SSSR count). The third-order valence-corrected chi connectivity index (χ3v) is 4.69. The SMILES string of the molecule is CCCC(=O)NCC(c1ccc(C)cc1)N1CCC(C)CC1. The van der Waals surface area contributed by atoms with Gasteiger partial charge >= 0.3 is 0 Å². The maximum Gasteiger partial charge on any atom is 0.220 e. The van der Waals surface area contributed by atoms with Gasteiger partial charge < -0.3 is 5.32 Å². The van der Waals surface area contributed by atoms with Gasteiger partial charge in [-0.05, 0) is 50.8 Å². The fourth-order valence-corrected chi connectivity index (χ4v) is 3.11. The van der Waals surface area contributed by atoms with Crippen molar-refractivity contribution in [2.24, 2.45) is 5.92 Å². The lowest BCUT2D eigenvalue weighted by Crippen LogP contribution is -2.41. The summed E-state index contributed by atoms with van der Waals surface area (Å²) in [5.41, 5.74) is 2.60. The van der Waals surface area contributed by atoms with E-state index in [1.54, 1.807) is 0 Å². The van der Waals surface area contributed by atoms with E-state index in [4.69, 9.17) is 0 Å². The molecular weight excluding hydrogens is 272 g/mol. The molecule has 122 valence electrons. The number of carbonyl (C=O) groups excluding carboxylic acids is 1. The standard InChI is InChI=1S/C19H30N2O/c1-4-5-19(22)20-14-18(17-8-6-15(2)7-9-17)21-12-10-16(3)11-13-21/h6-9,16,18H,4-5,10-14H2,1-3H3,(H,20,22). The van der Waals surface area contributed by atoms with Gasteiger partial charge in [0.2, 0.25) is 5.91 Å². The molecule has 0 bridgehead atoms.